The zero-order valence-electron chi connectivity index (χ0n) is 13.3. The number of nitrogens with one attached hydrogen (secondary N) is 1. The number of methoxy groups -OCH3 is 1. The summed E-state index contributed by atoms with van der Waals surface area (Å²) in [5, 5.41) is 3.60. The van der Waals surface area contributed by atoms with Crippen LogP contribution in [0, 0.1) is 5.92 Å². The molecule has 2 aromatic carbocycles. The fourth-order valence-electron chi connectivity index (χ4n) is 3.10. The summed E-state index contributed by atoms with van der Waals surface area (Å²) in [5.41, 5.74) is 2.06. The normalized spacial score (nSPS) is 15.0. The summed E-state index contributed by atoms with van der Waals surface area (Å²) < 4.78 is 6.09. The Hall–Kier alpha value is -1.64. The smallest absolute Gasteiger partial charge is 0.119 e. The second kappa shape index (κ2) is 7.08. The van der Waals surface area contributed by atoms with Crippen LogP contribution in [0.25, 0.3) is 0 Å². The first kappa shape index (κ1) is 15.3. The molecule has 2 heteroatoms. The number of hydrogen-bond acceptors (Lipinski definition) is 2. The van der Waals surface area contributed by atoms with Gasteiger partial charge in [0.1, 0.15) is 5.60 Å². The van der Waals surface area contributed by atoms with Gasteiger partial charge in [-0.25, -0.2) is 0 Å². The van der Waals surface area contributed by atoms with Crippen LogP contribution in [0.15, 0.2) is 60.7 Å². The second-order valence-electron chi connectivity index (χ2n) is 6.16. The summed E-state index contributed by atoms with van der Waals surface area (Å²) in [7, 11) is 1.82. The highest BCUT2D eigenvalue weighted by molar-refractivity contribution is 5.36. The van der Waals surface area contributed by atoms with E-state index in [0.717, 1.165) is 25.4 Å². The van der Waals surface area contributed by atoms with E-state index in [1.807, 2.05) is 7.11 Å². The fourth-order valence-corrected chi connectivity index (χ4v) is 3.10. The summed E-state index contributed by atoms with van der Waals surface area (Å²) in [4.78, 5) is 0. The Morgan fingerprint density at radius 2 is 1.50 bits per heavy atom. The maximum Gasteiger partial charge on any atom is 0.119 e. The van der Waals surface area contributed by atoms with Gasteiger partial charge >= 0.3 is 0 Å². The SMILES string of the molecule is COC(CCNCC1CC1)(c1ccccc1)c1ccccc1. The molecule has 116 valence electrons. The predicted molar refractivity (Wildman–Crippen MR) is 90.9 cm³/mol. The first-order valence-corrected chi connectivity index (χ1v) is 8.22. The standard InChI is InChI=1S/C20H25NO/c1-22-20(18-8-4-2-5-9-18,19-10-6-3-7-11-19)14-15-21-16-17-12-13-17/h2-11,17,21H,12-16H2,1H3. The van der Waals surface area contributed by atoms with E-state index >= 15 is 0 Å². The van der Waals surface area contributed by atoms with Gasteiger partial charge in [-0.2, -0.15) is 0 Å². The van der Waals surface area contributed by atoms with E-state index in [2.05, 4.69) is 66.0 Å². The van der Waals surface area contributed by atoms with Crippen LogP contribution in [0.3, 0.4) is 0 Å². The Morgan fingerprint density at radius 3 is 1.95 bits per heavy atom. The molecule has 0 aliphatic heterocycles. The van der Waals surface area contributed by atoms with Crippen molar-refractivity contribution in [3.63, 3.8) is 0 Å². The average Bonchev–Trinajstić information content (AvgIpc) is 3.41. The van der Waals surface area contributed by atoms with Gasteiger partial charge < -0.3 is 10.1 Å². The first-order chi connectivity index (χ1) is 10.8. The van der Waals surface area contributed by atoms with Crippen molar-refractivity contribution >= 4 is 0 Å². The van der Waals surface area contributed by atoms with E-state index in [9.17, 15) is 0 Å². The lowest BCUT2D eigenvalue weighted by Gasteiger charge is -2.34. The molecule has 1 aliphatic rings. The second-order valence-corrected chi connectivity index (χ2v) is 6.16. The first-order valence-electron chi connectivity index (χ1n) is 8.22. The molecule has 1 aliphatic carbocycles. The minimum absolute atomic E-state index is 0.376. The number of benzene rings is 2. The topological polar surface area (TPSA) is 21.3 Å². The lowest BCUT2D eigenvalue weighted by molar-refractivity contribution is 0.0147. The zero-order valence-corrected chi connectivity index (χ0v) is 13.3. The molecule has 0 amide bonds. The van der Waals surface area contributed by atoms with Gasteiger partial charge in [0.25, 0.3) is 0 Å². The van der Waals surface area contributed by atoms with E-state index in [1.165, 1.54) is 24.0 Å². The minimum atomic E-state index is -0.376. The van der Waals surface area contributed by atoms with E-state index < -0.39 is 0 Å². The van der Waals surface area contributed by atoms with Gasteiger partial charge in [0, 0.05) is 7.11 Å². The van der Waals surface area contributed by atoms with E-state index in [0.29, 0.717) is 0 Å². The molecule has 0 saturated heterocycles. The maximum atomic E-state index is 6.09. The van der Waals surface area contributed by atoms with Crippen LogP contribution < -0.4 is 5.32 Å². The number of hydrogen-bond donors (Lipinski definition) is 1. The summed E-state index contributed by atoms with van der Waals surface area (Å²) in [6.07, 6.45) is 3.71. The highest BCUT2D eigenvalue weighted by Gasteiger charge is 2.33. The third-order valence-electron chi connectivity index (χ3n) is 4.61. The van der Waals surface area contributed by atoms with Crippen LogP contribution >= 0.6 is 0 Å². The lowest BCUT2D eigenvalue weighted by Crippen LogP contribution is -2.34. The Balaban J connectivity index is 1.82. The van der Waals surface area contributed by atoms with Crippen molar-refractivity contribution in [2.75, 3.05) is 20.2 Å². The van der Waals surface area contributed by atoms with Gasteiger partial charge in [-0.05, 0) is 49.4 Å². The van der Waals surface area contributed by atoms with Crippen LogP contribution in [0.4, 0.5) is 0 Å². The highest BCUT2D eigenvalue weighted by Crippen LogP contribution is 2.36. The number of rotatable bonds is 8. The molecule has 3 rings (SSSR count). The average molecular weight is 295 g/mol. The van der Waals surface area contributed by atoms with Crippen LogP contribution in [0.1, 0.15) is 30.4 Å². The molecule has 0 radical (unpaired) electrons. The highest BCUT2D eigenvalue weighted by atomic mass is 16.5. The molecule has 1 saturated carbocycles. The van der Waals surface area contributed by atoms with Gasteiger partial charge in [-0.1, -0.05) is 60.7 Å². The molecule has 0 atom stereocenters. The van der Waals surface area contributed by atoms with Gasteiger partial charge in [0.15, 0.2) is 0 Å². The third kappa shape index (κ3) is 3.40. The summed E-state index contributed by atoms with van der Waals surface area (Å²) in [5.74, 6) is 0.908. The molecule has 0 unspecified atom stereocenters. The van der Waals surface area contributed by atoms with Crippen molar-refractivity contribution < 1.29 is 4.74 Å². The largest absolute Gasteiger partial charge is 0.369 e. The van der Waals surface area contributed by atoms with Gasteiger partial charge in [0.2, 0.25) is 0 Å². The molecule has 0 heterocycles. The summed E-state index contributed by atoms with van der Waals surface area (Å²) >= 11 is 0. The molecule has 1 fully saturated rings. The zero-order chi connectivity index (χ0) is 15.3. The van der Waals surface area contributed by atoms with Crippen LogP contribution in [-0.2, 0) is 10.3 Å². The fraction of sp³-hybridized carbons (Fsp3) is 0.400. The van der Waals surface area contributed by atoms with Gasteiger partial charge in [0.05, 0.1) is 0 Å². The number of ether oxygens (including phenoxy) is 1. The van der Waals surface area contributed by atoms with E-state index in [1.54, 1.807) is 0 Å². The molecule has 2 nitrogen and oxygen atoms in total. The van der Waals surface area contributed by atoms with Crippen molar-refractivity contribution in [2.24, 2.45) is 5.92 Å². The van der Waals surface area contributed by atoms with E-state index in [4.69, 9.17) is 4.74 Å². The van der Waals surface area contributed by atoms with Crippen molar-refractivity contribution in [2.45, 2.75) is 24.9 Å². The van der Waals surface area contributed by atoms with Gasteiger partial charge in [-0.3, -0.25) is 0 Å². The Kier molecular flexibility index (Phi) is 4.91. The molecule has 0 spiro atoms. The molecule has 0 bridgehead atoms. The van der Waals surface area contributed by atoms with Crippen LogP contribution in [-0.4, -0.2) is 20.2 Å². The summed E-state index contributed by atoms with van der Waals surface area (Å²) in [6, 6.07) is 21.1. The maximum absolute atomic E-state index is 6.09. The quantitative estimate of drug-likeness (QED) is 0.744. The lowest BCUT2D eigenvalue weighted by atomic mass is 9.83. The van der Waals surface area contributed by atoms with Crippen molar-refractivity contribution in [1.82, 2.24) is 5.32 Å². The Labute approximate surface area is 133 Å². The van der Waals surface area contributed by atoms with Crippen LogP contribution in [0.2, 0.25) is 0 Å². The molecule has 22 heavy (non-hydrogen) atoms. The van der Waals surface area contributed by atoms with Gasteiger partial charge in [-0.15, -0.1) is 0 Å². The molecular weight excluding hydrogens is 270 g/mol. The third-order valence-corrected chi connectivity index (χ3v) is 4.61. The predicted octanol–water partition coefficient (Wildman–Crippen LogP) is 3.97. The molecule has 1 N–H and O–H groups in total. The van der Waals surface area contributed by atoms with Crippen LogP contribution in [0.5, 0.6) is 0 Å². The summed E-state index contributed by atoms with van der Waals surface area (Å²) in [6.45, 7) is 2.11. The van der Waals surface area contributed by atoms with E-state index in [-0.39, 0.29) is 5.60 Å². The Morgan fingerprint density at radius 1 is 0.955 bits per heavy atom. The minimum Gasteiger partial charge on any atom is -0.369 e. The molecular formula is C20H25NO. The molecule has 2 aromatic rings. The monoisotopic (exact) mass is 295 g/mol. The van der Waals surface area contributed by atoms with Crippen molar-refractivity contribution in [3.8, 4) is 0 Å². The Bertz CT molecular complexity index is 523. The van der Waals surface area contributed by atoms with Crippen molar-refractivity contribution in [1.29, 1.82) is 0 Å². The van der Waals surface area contributed by atoms with Crippen molar-refractivity contribution in [3.05, 3.63) is 71.8 Å². The molecule has 0 aromatic heterocycles.